The Labute approximate surface area is 185 Å². The van der Waals surface area contributed by atoms with E-state index in [0.717, 1.165) is 12.8 Å². The molecule has 1 saturated carbocycles. The van der Waals surface area contributed by atoms with Gasteiger partial charge in [-0.15, -0.1) is 11.8 Å². The lowest BCUT2D eigenvalue weighted by Gasteiger charge is -2.13. The van der Waals surface area contributed by atoms with Crippen molar-refractivity contribution in [2.45, 2.75) is 30.7 Å². The second-order valence-corrected chi connectivity index (χ2v) is 8.31. The van der Waals surface area contributed by atoms with Gasteiger partial charge >= 0.3 is 5.97 Å². The van der Waals surface area contributed by atoms with Crippen LogP contribution >= 0.6 is 11.8 Å². The minimum Gasteiger partial charge on any atom is -0.452 e. The number of anilines is 1. The first-order chi connectivity index (χ1) is 15.0. The molecular formula is C23H23N3O4S. The molecule has 2 aromatic rings. The van der Waals surface area contributed by atoms with Crippen molar-refractivity contribution in [2.75, 3.05) is 17.7 Å². The largest absolute Gasteiger partial charge is 0.452 e. The highest BCUT2D eigenvalue weighted by atomic mass is 32.2. The van der Waals surface area contributed by atoms with Crippen molar-refractivity contribution in [3.8, 4) is 6.07 Å². The molecule has 31 heavy (non-hydrogen) atoms. The molecule has 0 saturated heterocycles. The molecule has 0 bridgehead atoms. The van der Waals surface area contributed by atoms with Gasteiger partial charge in [-0.25, -0.2) is 4.79 Å². The highest BCUT2D eigenvalue weighted by Gasteiger charge is 2.29. The van der Waals surface area contributed by atoms with Gasteiger partial charge in [0.25, 0.3) is 5.91 Å². The van der Waals surface area contributed by atoms with Crippen molar-refractivity contribution in [2.24, 2.45) is 5.92 Å². The van der Waals surface area contributed by atoms with Gasteiger partial charge in [-0.1, -0.05) is 18.2 Å². The van der Waals surface area contributed by atoms with Crippen molar-refractivity contribution in [3.05, 3.63) is 59.7 Å². The normalized spacial score (nSPS) is 13.5. The van der Waals surface area contributed by atoms with Crippen molar-refractivity contribution >= 4 is 35.2 Å². The third-order valence-corrected chi connectivity index (χ3v) is 5.87. The first-order valence-corrected chi connectivity index (χ1v) is 10.9. The van der Waals surface area contributed by atoms with Gasteiger partial charge in [-0.05, 0) is 56.0 Å². The zero-order valence-corrected chi connectivity index (χ0v) is 17.9. The van der Waals surface area contributed by atoms with Gasteiger partial charge in [-0.3, -0.25) is 9.59 Å². The second kappa shape index (κ2) is 10.6. The number of thioether (sulfide) groups is 1. The van der Waals surface area contributed by atoms with Crippen molar-refractivity contribution in [1.82, 2.24) is 5.32 Å². The summed E-state index contributed by atoms with van der Waals surface area (Å²) in [5.74, 6) is -0.612. The molecule has 160 valence electrons. The number of carbonyl (C=O) groups excluding carboxylic acids is 3. The summed E-state index contributed by atoms with van der Waals surface area (Å²) in [5, 5.41) is 14.5. The number of rotatable bonds is 9. The predicted molar refractivity (Wildman–Crippen MR) is 118 cm³/mol. The zero-order valence-electron chi connectivity index (χ0n) is 17.1. The maximum absolute atomic E-state index is 12.5. The Morgan fingerprint density at radius 3 is 2.68 bits per heavy atom. The summed E-state index contributed by atoms with van der Waals surface area (Å²) < 4.78 is 5.16. The number of nitrogens with one attached hydrogen (secondary N) is 2. The van der Waals surface area contributed by atoms with Gasteiger partial charge in [0.15, 0.2) is 6.61 Å². The molecule has 0 aliphatic heterocycles. The fraction of sp³-hybridized carbons (Fsp3) is 0.304. The maximum Gasteiger partial charge on any atom is 0.339 e. The molecule has 7 nitrogen and oxygen atoms in total. The maximum atomic E-state index is 12.5. The van der Waals surface area contributed by atoms with E-state index >= 15 is 0 Å². The summed E-state index contributed by atoms with van der Waals surface area (Å²) in [7, 11) is 0. The number of esters is 1. The molecule has 0 radical (unpaired) electrons. The number of nitrogens with zero attached hydrogens (tertiary/aromatic N) is 1. The van der Waals surface area contributed by atoms with Crippen LogP contribution in [-0.4, -0.2) is 36.2 Å². The van der Waals surface area contributed by atoms with Gasteiger partial charge in [0.2, 0.25) is 5.91 Å². The second-order valence-electron chi connectivity index (χ2n) is 7.30. The van der Waals surface area contributed by atoms with Crippen molar-refractivity contribution in [1.29, 1.82) is 5.26 Å². The van der Waals surface area contributed by atoms with Crippen LogP contribution in [0.15, 0.2) is 53.4 Å². The molecule has 2 amide bonds. The molecule has 8 heteroatoms. The lowest BCUT2D eigenvalue weighted by atomic mass is 10.2. The van der Waals surface area contributed by atoms with Crippen LogP contribution in [0.25, 0.3) is 0 Å². The van der Waals surface area contributed by atoms with Crippen molar-refractivity contribution < 1.29 is 19.1 Å². The summed E-state index contributed by atoms with van der Waals surface area (Å²) in [6, 6.07) is 15.5. The number of carbonyl (C=O) groups is 3. The molecule has 3 rings (SSSR count). The molecule has 0 spiro atoms. The predicted octanol–water partition coefficient (Wildman–Crippen LogP) is 3.36. The highest BCUT2D eigenvalue weighted by Crippen LogP contribution is 2.32. The molecule has 1 atom stereocenters. The first kappa shape index (κ1) is 22.4. The van der Waals surface area contributed by atoms with E-state index in [2.05, 4.69) is 10.6 Å². The van der Waals surface area contributed by atoms with Crippen LogP contribution in [0.3, 0.4) is 0 Å². The molecule has 2 aromatic carbocycles. The van der Waals surface area contributed by atoms with Gasteiger partial charge in [0, 0.05) is 16.6 Å². The molecule has 1 unspecified atom stereocenters. The van der Waals surface area contributed by atoms with E-state index in [9.17, 15) is 14.4 Å². The van der Waals surface area contributed by atoms with E-state index in [0.29, 0.717) is 27.6 Å². The summed E-state index contributed by atoms with van der Waals surface area (Å²) >= 11 is 1.19. The van der Waals surface area contributed by atoms with Crippen LogP contribution in [-0.2, 0) is 14.3 Å². The molecule has 1 aliphatic carbocycles. The summed E-state index contributed by atoms with van der Waals surface area (Å²) in [4.78, 5) is 37.3. The van der Waals surface area contributed by atoms with E-state index < -0.39 is 5.97 Å². The van der Waals surface area contributed by atoms with Gasteiger partial charge in [0.05, 0.1) is 22.9 Å². The Kier molecular flexibility index (Phi) is 7.68. The lowest BCUT2D eigenvalue weighted by molar-refractivity contribution is -0.125. The number of hydrogen-bond donors (Lipinski definition) is 2. The van der Waals surface area contributed by atoms with E-state index in [4.69, 9.17) is 10.00 Å². The molecular weight excluding hydrogens is 414 g/mol. The number of amides is 2. The third-order valence-electron chi connectivity index (χ3n) is 4.79. The summed E-state index contributed by atoms with van der Waals surface area (Å²) in [5.41, 5.74) is 1.28. The minimum atomic E-state index is -0.612. The quantitative estimate of drug-likeness (QED) is 0.460. The van der Waals surface area contributed by atoms with Crippen LogP contribution in [0, 0.1) is 17.2 Å². The van der Waals surface area contributed by atoms with Gasteiger partial charge in [-0.2, -0.15) is 5.26 Å². The monoisotopic (exact) mass is 437 g/mol. The average Bonchev–Trinajstić information content (AvgIpc) is 3.62. The van der Waals surface area contributed by atoms with E-state index in [1.54, 1.807) is 48.5 Å². The molecule has 1 fully saturated rings. The number of nitriles is 1. The van der Waals surface area contributed by atoms with Crippen LogP contribution in [0.1, 0.15) is 35.7 Å². The van der Waals surface area contributed by atoms with Crippen LogP contribution in [0.5, 0.6) is 0 Å². The van der Waals surface area contributed by atoms with E-state index in [1.807, 2.05) is 13.0 Å². The minimum absolute atomic E-state index is 0.0699. The van der Waals surface area contributed by atoms with Crippen molar-refractivity contribution in [3.63, 3.8) is 0 Å². The highest BCUT2D eigenvalue weighted by molar-refractivity contribution is 8.00. The number of ether oxygens (including phenoxy) is 1. The fourth-order valence-electron chi connectivity index (χ4n) is 2.99. The average molecular weight is 438 g/mol. The molecule has 0 aromatic heterocycles. The number of benzene rings is 2. The zero-order chi connectivity index (χ0) is 22.2. The Morgan fingerprint density at radius 1 is 1.16 bits per heavy atom. The van der Waals surface area contributed by atoms with E-state index in [1.165, 1.54) is 11.8 Å². The summed E-state index contributed by atoms with van der Waals surface area (Å²) in [6.45, 7) is 1.61. The number of hydrogen-bond acceptors (Lipinski definition) is 6. The SMILES string of the molecule is CC(NC(=O)COC(=O)c1ccccc1SCC(=O)Nc1cccc(C#N)c1)C1CC1. The first-order valence-electron chi connectivity index (χ1n) is 9.94. The Morgan fingerprint density at radius 2 is 1.94 bits per heavy atom. The van der Waals surface area contributed by atoms with Crippen LogP contribution < -0.4 is 10.6 Å². The summed E-state index contributed by atoms with van der Waals surface area (Å²) in [6.07, 6.45) is 2.23. The molecule has 1 aliphatic rings. The Hall–Kier alpha value is -3.31. The van der Waals surface area contributed by atoms with Gasteiger partial charge in [0.1, 0.15) is 0 Å². The fourth-order valence-corrected chi connectivity index (χ4v) is 3.83. The van der Waals surface area contributed by atoms with Crippen LogP contribution in [0.4, 0.5) is 5.69 Å². The Balaban J connectivity index is 1.51. The van der Waals surface area contributed by atoms with Crippen LogP contribution in [0.2, 0.25) is 0 Å². The van der Waals surface area contributed by atoms with Gasteiger partial charge < -0.3 is 15.4 Å². The van der Waals surface area contributed by atoms with E-state index in [-0.39, 0.29) is 30.2 Å². The molecule has 2 N–H and O–H groups in total. The smallest absolute Gasteiger partial charge is 0.339 e. The third kappa shape index (κ3) is 6.86. The topological polar surface area (TPSA) is 108 Å². The molecule has 0 heterocycles. The lowest BCUT2D eigenvalue weighted by Crippen LogP contribution is -2.37. The Bertz CT molecular complexity index is 1010. The standard InChI is InChI=1S/C23H23N3O4S/c1-15(17-9-10-17)25-21(27)13-30-23(29)19-7-2-3-8-20(19)31-14-22(28)26-18-6-4-5-16(11-18)12-24/h2-8,11,15,17H,9-10,13-14H2,1H3,(H,25,27)(H,26,28).